The van der Waals surface area contributed by atoms with E-state index in [0.717, 1.165) is 37.8 Å². The number of fused-ring (bicyclic) bond motifs is 2. The summed E-state index contributed by atoms with van der Waals surface area (Å²) in [5.74, 6) is 0.992. The summed E-state index contributed by atoms with van der Waals surface area (Å²) >= 11 is 0. The number of alkyl halides is 3. The molecule has 3 rings (SSSR count). The van der Waals surface area contributed by atoms with Crippen molar-refractivity contribution in [1.29, 1.82) is 0 Å². The first-order chi connectivity index (χ1) is 12.3. The van der Waals surface area contributed by atoms with Gasteiger partial charge in [-0.1, -0.05) is 12.5 Å². The summed E-state index contributed by atoms with van der Waals surface area (Å²) in [4.78, 5) is 12.4. The van der Waals surface area contributed by atoms with Crippen LogP contribution in [0.2, 0.25) is 0 Å². The molecule has 8 heteroatoms. The number of nitrogens with one attached hydrogen (secondary N) is 1. The van der Waals surface area contributed by atoms with Crippen LogP contribution in [0.3, 0.4) is 0 Å². The number of carbonyl (C=O) groups excluding carboxylic acids is 1. The number of amides is 1. The van der Waals surface area contributed by atoms with Gasteiger partial charge >= 0.3 is 6.18 Å². The normalized spacial score (nSPS) is 27.4. The van der Waals surface area contributed by atoms with Crippen molar-refractivity contribution < 1.29 is 22.7 Å². The van der Waals surface area contributed by atoms with E-state index in [4.69, 9.17) is 10.5 Å². The number of rotatable bonds is 5. The summed E-state index contributed by atoms with van der Waals surface area (Å²) in [7, 11) is 0. The molecule has 2 unspecified atom stereocenters. The lowest BCUT2D eigenvalue weighted by Gasteiger charge is -2.43. The summed E-state index contributed by atoms with van der Waals surface area (Å²) in [6.45, 7) is 0.402. The Hall–Kier alpha value is -1.47. The van der Waals surface area contributed by atoms with Crippen molar-refractivity contribution in [3.8, 4) is 5.75 Å². The van der Waals surface area contributed by atoms with E-state index in [-0.39, 0.29) is 49.2 Å². The minimum absolute atomic E-state index is 0. The van der Waals surface area contributed by atoms with E-state index in [1.165, 1.54) is 18.6 Å². The fourth-order valence-corrected chi connectivity index (χ4v) is 4.25. The van der Waals surface area contributed by atoms with Crippen molar-refractivity contribution in [2.75, 3.05) is 13.2 Å². The number of hydrogen-bond donors (Lipinski definition) is 2. The molecule has 0 saturated heterocycles. The topological polar surface area (TPSA) is 64.4 Å². The van der Waals surface area contributed by atoms with Crippen LogP contribution in [0.5, 0.6) is 5.75 Å². The molecular formula is C19H26ClF3N2O2. The molecule has 0 aromatic heterocycles. The summed E-state index contributed by atoms with van der Waals surface area (Å²) < 4.78 is 43.4. The second kappa shape index (κ2) is 9.15. The molecule has 3 N–H and O–H groups in total. The minimum atomic E-state index is -4.40. The maximum Gasteiger partial charge on any atom is 0.416 e. The third kappa shape index (κ3) is 5.51. The van der Waals surface area contributed by atoms with Crippen LogP contribution in [0.25, 0.3) is 0 Å². The highest BCUT2D eigenvalue weighted by atomic mass is 35.5. The lowest BCUT2D eigenvalue weighted by atomic mass is 9.65. The standard InChI is InChI=1S/C19H25F3N2O2.ClH/c20-19(21,22)15-5-2-6-16(11-15)26-8-7-24-18(25)14-9-12-3-1-4-13(10-14)17(12)23;/h2,5-6,11-14,17H,1,3-4,7-10,23H2,(H,24,25);1H. The highest BCUT2D eigenvalue weighted by Crippen LogP contribution is 2.41. The van der Waals surface area contributed by atoms with Gasteiger partial charge in [-0.15, -0.1) is 12.4 Å². The Kier molecular flexibility index (Phi) is 7.40. The average Bonchev–Trinajstić information content (AvgIpc) is 2.58. The summed E-state index contributed by atoms with van der Waals surface area (Å²) in [5.41, 5.74) is 5.50. The first-order valence-corrected chi connectivity index (χ1v) is 9.18. The van der Waals surface area contributed by atoms with Crippen molar-refractivity contribution in [3.63, 3.8) is 0 Å². The molecule has 2 atom stereocenters. The van der Waals surface area contributed by atoms with Crippen LogP contribution in [-0.2, 0) is 11.0 Å². The molecule has 27 heavy (non-hydrogen) atoms. The fourth-order valence-electron chi connectivity index (χ4n) is 4.25. The zero-order chi connectivity index (χ0) is 18.7. The molecule has 0 heterocycles. The fraction of sp³-hybridized carbons (Fsp3) is 0.632. The number of benzene rings is 1. The van der Waals surface area contributed by atoms with E-state index in [2.05, 4.69) is 5.32 Å². The molecule has 1 aromatic rings. The Morgan fingerprint density at radius 2 is 1.89 bits per heavy atom. The molecule has 1 aromatic carbocycles. The third-order valence-corrected chi connectivity index (χ3v) is 5.62. The van der Waals surface area contributed by atoms with E-state index in [1.54, 1.807) is 0 Å². The van der Waals surface area contributed by atoms with Crippen LogP contribution in [-0.4, -0.2) is 25.1 Å². The lowest BCUT2D eigenvalue weighted by Crippen LogP contribution is -2.49. The predicted octanol–water partition coefficient (Wildman–Crippen LogP) is 3.78. The van der Waals surface area contributed by atoms with Gasteiger partial charge in [0.1, 0.15) is 12.4 Å². The van der Waals surface area contributed by atoms with Gasteiger partial charge in [-0.3, -0.25) is 4.79 Å². The van der Waals surface area contributed by atoms with Crippen molar-refractivity contribution >= 4 is 18.3 Å². The lowest BCUT2D eigenvalue weighted by molar-refractivity contribution is -0.137. The zero-order valence-electron chi connectivity index (χ0n) is 15.0. The molecule has 4 nitrogen and oxygen atoms in total. The number of nitrogens with two attached hydrogens (primary N) is 1. The highest BCUT2D eigenvalue weighted by molar-refractivity contribution is 5.85. The summed E-state index contributed by atoms with van der Waals surface area (Å²) in [6, 6.07) is 4.96. The SMILES string of the molecule is Cl.NC1C2CCCC1CC(C(=O)NCCOc1cccc(C(F)(F)F)c1)C2. The zero-order valence-corrected chi connectivity index (χ0v) is 15.8. The molecule has 0 aliphatic heterocycles. The first-order valence-electron chi connectivity index (χ1n) is 9.18. The molecule has 2 aliphatic carbocycles. The van der Waals surface area contributed by atoms with Crippen LogP contribution in [0.15, 0.2) is 24.3 Å². The number of ether oxygens (including phenoxy) is 1. The van der Waals surface area contributed by atoms with Crippen molar-refractivity contribution in [3.05, 3.63) is 29.8 Å². The van der Waals surface area contributed by atoms with Crippen molar-refractivity contribution in [1.82, 2.24) is 5.32 Å². The van der Waals surface area contributed by atoms with Crippen molar-refractivity contribution in [2.45, 2.75) is 44.3 Å². The van der Waals surface area contributed by atoms with Crippen LogP contribution >= 0.6 is 12.4 Å². The van der Waals surface area contributed by atoms with Gasteiger partial charge in [0.15, 0.2) is 0 Å². The average molecular weight is 407 g/mol. The Morgan fingerprint density at radius 3 is 2.52 bits per heavy atom. The van der Waals surface area contributed by atoms with Gasteiger partial charge in [-0.25, -0.2) is 0 Å². The largest absolute Gasteiger partial charge is 0.492 e. The van der Waals surface area contributed by atoms with E-state index >= 15 is 0 Å². The van der Waals surface area contributed by atoms with Gasteiger partial charge in [0.2, 0.25) is 5.91 Å². The molecule has 1 amide bonds. The van der Waals surface area contributed by atoms with Crippen LogP contribution in [0.4, 0.5) is 13.2 Å². The second-order valence-electron chi connectivity index (χ2n) is 7.36. The molecule has 2 aliphatic rings. The Morgan fingerprint density at radius 1 is 1.22 bits per heavy atom. The van der Waals surface area contributed by atoms with Gasteiger partial charge in [-0.2, -0.15) is 13.2 Å². The molecule has 152 valence electrons. The number of hydrogen-bond acceptors (Lipinski definition) is 3. The summed E-state index contributed by atoms with van der Waals surface area (Å²) in [6.07, 6.45) is 0.659. The van der Waals surface area contributed by atoms with Gasteiger partial charge in [0.25, 0.3) is 0 Å². The van der Waals surface area contributed by atoms with E-state index in [9.17, 15) is 18.0 Å². The Labute approximate surface area is 163 Å². The second-order valence-corrected chi connectivity index (χ2v) is 7.36. The highest BCUT2D eigenvalue weighted by Gasteiger charge is 2.40. The van der Waals surface area contributed by atoms with E-state index in [1.807, 2.05) is 0 Å². The number of carbonyl (C=O) groups is 1. The monoisotopic (exact) mass is 406 g/mol. The minimum Gasteiger partial charge on any atom is -0.492 e. The maximum atomic E-state index is 12.7. The predicted molar refractivity (Wildman–Crippen MR) is 98.7 cm³/mol. The van der Waals surface area contributed by atoms with Crippen LogP contribution in [0.1, 0.15) is 37.7 Å². The quantitative estimate of drug-likeness (QED) is 0.731. The van der Waals surface area contributed by atoms with Gasteiger partial charge in [0.05, 0.1) is 12.1 Å². The molecule has 0 radical (unpaired) electrons. The van der Waals surface area contributed by atoms with Gasteiger partial charge in [0, 0.05) is 12.0 Å². The van der Waals surface area contributed by atoms with Crippen molar-refractivity contribution in [2.24, 2.45) is 23.5 Å². The number of halogens is 4. The Bertz CT molecular complexity index is 628. The van der Waals surface area contributed by atoms with E-state index in [0.29, 0.717) is 11.8 Å². The smallest absolute Gasteiger partial charge is 0.416 e. The Balaban J connectivity index is 0.00000261. The summed E-state index contributed by atoms with van der Waals surface area (Å²) in [5, 5.41) is 2.84. The maximum absolute atomic E-state index is 12.7. The first kappa shape index (κ1) is 21.8. The molecule has 2 saturated carbocycles. The van der Waals surface area contributed by atoms with Crippen LogP contribution in [0, 0.1) is 17.8 Å². The van der Waals surface area contributed by atoms with Gasteiger partial charge < -0.3 is 15.8 Å². The van der Waals surface area contributed by atoms with E-state index < -0.39 is 11.7 Å². The van der Waals surface area contributed by atoms with Gasteiger partial charge in [-0.05, 0) is 55.7 Å². The molecule has 0 spiro atoms. The van der Waals surface area contributed by atoms with Crippen LogP contribution < -0.4 is 15.8 Å². The molecule has 2 bridgehead atoms. The molecule has 2 fully saturated rings. The third-order valence-electron chi connectivity index (χ3n) is 5.62. The molecular weight excluding hydrogens is 381 g/mol.